The van der Waals surface area contributed by atoms with Crippen LogP contribution < -0.4 is 32.7 Å². The molecule has 1 heterocycles. The second-order valence-corrected chi connectivity index (χ2v) is 11.9. The molecular formula is C31H44N8O10. The van der Waals surface area contributed by atoms with Crippen molar-refractivity contribution in [3.05, 3.63) is 48.0 Å². The zero-order chi connectivity index (χ0) is 36.7. The van der Waals surface area contributed by atoms with Crippen LogP contribution in [0.15, 0.2) is 36.8 Å². The first-order valence-corrected chi connectivity index (χ1v) is 15.5. The number of carbonyl (C=O) groups excluding carboxylic acids is 5. The molecule has 18 heteroatoms. The number of H-pyrrole nitrogens is 1. The van der Waals surface area contributed by atoms with Gasteiger partial charge >= 0.3 is 11.9 Å². The summed E-state index contributed by atoms with van der Waals surface area (Å²) in [6, 6.07) is -1.09. The maximum absolute atomic E-state index is 13.8. The predicted octanol–water partition coefficient (Wildman–Crippen LogP) is -1.57. The Morgan fingerprint density at radius 2 is 1.31 bits per heavy atom. The van der Waals surface area contributed by atoms with Crippen LogP contribution in [-0.4, -0.2) is 97.0 Å². The average Bonchev–Trinajstić information content (AvgIpc) is 3.53. The lowest BCUT2D eigenvalue weighted by Gasteiger charge is -2.26. The molecule has 268 valence electrons. The van der Waals surface area contributed by atoms with Gasteiger partial charge in [-0.3, -0.25) is 28.8 Å². The van der Waals surface area contributed by atoms with Crippen molar-refractivity contribution in [1.29, 1.82) is 0 Å². The number of aromatic hydroxyl groups is 1. The summed E-state index contributed by atoms with van der Waals surface area (Å²) in [5.74, 6) is -6.89. The first-order chi connectivity index (χ1) is 23.0. The van der Waals surface area contributed by atoms with E-state index in [4.69, 9.17) is 16.6 Å². The summed E-state index contributed by atoms with van der Waals surface area (Å²) in [6.07, 6.45) is 1.18. The zero-order valence-corrected chi connectivity index (χ0v) is 27.2. The monoisotopic (exact) mass is 688 g/mol. The quantitative estimate of drug-likeness (QED) is 0.0711. The maximum Gasteiger partial charge on any atom is 0.326 e. The van der Waals surface area contributed by atoms with Crippen molar-refractivity contribution in [3.8, 4) is 5.75 Å². The number of hydrogen-bond acceptors (Lipinski definition) is 10. The fraction of sp³-hybridized carbons (Fsp3) is 0.484. The molecule has 18 nitrogen and oxygen atoms in total. The summed E-state index contributed by atoms with van der Waals surface area (Å²) in [7, 11) is 0. The number of imidazole rings is 1. The molecule has 49 heavy (non-hydrogen) atoms. The highest BCUT2D eigenvalue weighted by Crippen LogP contribution is 2.13. The Bertz CT molecular complexity index is 1450. The largest absolute Gasteiger partial charge is 0.508 e. The summed E-state index contributed by atoms with van der Waals surface area (Å²) in [5.41, 5.74) is 12.1. The van der Waals surface area contributed by atoms with Crippen LogP contribution in [0.2, 0.25) is 0 Å². The summed E-state index contributed by atoms with van der Waals surface area (Å²) in [5, 5.41) is 38.1. The number of nitrogens with zero attached hydrogens (tertiary/aromatic N) is 1. The van der Waals surface area contributed by atoms with Gasteiger partial charge in [0.1, 0.15) is 29.9 Å². The number of carbonyl (C=O) groups is 7. The molecule has 12 N–H and O–H groups in total. The van der Waals surface area contributed by atoms with Crippen molar-refractivity contribution in [2.45, 2.75) is 89.0 Å². The molecule has 0 aliphatic carbocycles. The van der Waals surface area contributed by atoms with Crippen molar-refractivity contribution in [2.24, 2.45) is 17.4 Å². The minimum Gasteiger partial charge on any atom is -0.508 e. The third-order valence-electron chi connectivity index (χ3n) is 7.26. The molecule has 0 fully saturated rings. The first-order valence-electron chi connectivity index (χ1n) is 15.5. The predicted molar refractivity (Wildman–Crippen MR) is 172 cm³/mol. The van der Waals surface area contributed by atoms with Gasteiger partial charge in [-0.1, -0.05) is 26.0 Å². The molecule has 2 rings (SSSR count). The number of aliphatic carboxylic acids is 2. The van der Waals surface area contributed by atoms with Crippen LogP contribution in [0.3, 0.4) is 0 Å². The summed E-state index contributed by atoms with van der Waals surface area (Å²) in [4.78, 5) is 94.6. The average molecular weight is 689 g/mol. The van der Waals surface area contributed by atoms with Crippen molar-refractivity contribution < 1.29 is 48.9 Å². The second-order valence-electron chi connectivity index (χ2n) is 11.9. The normalized spacial score (nSPS) is 14.0. The standard InChI is InChI=1S/C31H44N8O10/c1-16(2)11-20(32)27(44)36-21(7-9-25(33)41)28(45)39-24(13-18-14-34-15-35-18)30(47)38-23(12-17-3-5-19(40)6-4-17)29(46)37-22(31(48)49)8-10-26(42)43/h3-6,14-16,20-24,40H,7-13,32H2,1-2H3,(H2,33,41)(H,34,35)(H,36,44)(H,37,46)(H,38,47)(H,39,45)(H,42,43)(H,48,49)/t20-,21-,22-,23-,24-/m0/s1. The Morgan fingerprint density at radius 1 is 0.776 bits per heavy atom. The van der Waals surface area contributed by atoms with Crippen LogP contribution in [-0.2, 0) is 46.4 Å². The highest BCUT2D eigenvalue weighted by molar-refractivity contribution is 5.96. The van der Waals surface area contributed by atoms with Crippen LogP contribution in [0, 0.1) is 5.92 Å². The van der Waals surface area contributed by atoms with Crippen molar-refractivity contribution >= 4 is 41.5 Å². The summed E-state index contributed by atoms with van der Waals surface area (Å²) in [6.45, 7) is 3.71. The second kappa shape index (κ2) is 19.3. The van der Waals surface area contributed by atoms with Gasteiger partial charge < -0.3 is 53.0 Å². The lowest BCUT2D eigenvalue weighted by atomic mass is 10.0. The van der Waals surface area contributed by atoms with E-state index in [-0.39, 0.29) is 37.4 Å². The van der Waals surface area contributed by atoms with Gasteiger partial charge in [0.25, 0.3) is 0 Å². The van der Waals surface area contributed by atoms with Gasteiger partial charge in [0.05, 0.1) is 12.4 Å². The number of aromatic nitrogens is 2. The lowest BCUT2D eigenvalue weighted by Crippen LogP contribution is -2.59. The van der Waals surface area contributed by atoms with E-state index in [2.05, 4.69) is 31.2 Å². The third kappa shape index (κ3) is 14.4. The van der Waals surface area contributed by atoms with E-state index in [0.29, 0.717) is 17.7 Å². The lowest BCUT2D eigenvalue weighted by molar-refractivity contribution is -0.143. The number of phenolic OH excluding ortho intramolecular Hbond substituents is 1. The van der Waals surface area contributed by atoms with E-state index in [1.54, 1.807) is 0 Å². The molecule has 5 amide bonds. The van der Waals surface area contributed by atoms with Crippen molar-refractivity contribution in [2.75, 3.05) is 0 Å². The number of amides is 5. The van der Waals surface area contributed by atoms with Gasteiger partial charge in [-0.25, -0.2) is 9.78 Å². The number of carboxylic acids is 2. The minimum atomic E-state index is -1.60. The van der Waals surface area contributed by atoms with E-state index < -0.39 is 84.5 Å². The van der Waals surface area contributed by atoms with Crippen LogP contribution >= 0.6 is 0 Å². The van der Waals surface area contributed by atoms with Gasteiger partial charge in [0.15, 0.2) is 0 Å². The number of nitrogens with one attached hydrogen (secondary N) is 5. The number of nitrogens with two attached hydrogens (primary N) is 2. The molecule has 0 radical (unpaired) electrons. The van der Waals surface area contributed by atoms with E-state index in [1.165, 1.54) is 36.8 Å². The van der Waals surface area contributed by atoms with Crippen molar-refractivity contribution in [3.63, 3.8) is 0 Å². The molecule has 0 aliphatic rings. The van der Waals surface area contributed by atoms with Crippen LogP contribution in [0.25, 0.3) is 0 Å². The highest BCUT2D eigenvalue weighted by Gasteiger charge is 2.32. The van der Waals surface area contributed by atoms with E-state index in [9.17, 15) is 43.8 Å². The van der Waals surface area contributed by atoms with Gasteiger partial charge in [-0.2, -0.15) is 0 Å². The minimum absolute atomic E-state index is 0.0656. The summed E-state index contributed by atoms with van der Waals surface area (Å²) >= 11 is 0. The van der Waals surface area contributed by atoms with E-state index in [1.807, 2.05) is 13.8 Å². The van der Waals surface area contributed by atoms with Crippen LogP contribution in [0.1, 0.15) is 57.2 Å². The number of phenols is 1. The van der Waals surface area contributed by atoms with Crippen LogP contribution in [0.4, 0.5) is 0 Å². The Morgan fingerprint density at radius 3 is 1.82 bits per heavy atom. The molecule has 5 atom stereocenters. The number of primary amides is 1. The smallest absolute Gasteiger partial charge is 0.326 e. The van der Waals surface area contributed by atoms with E-state index >= 15 is 0 Å². The molecule has 0 saturated carbocycles. The number of aromatic amines is 1. The Labute approximate surface area is 281 Å². The first kappa shape index (κ1) is 39.7. The number of rotatable bonds is 21. The Hall–Kier alpha value is -5.52. The Kier molecular flexibility index (Phi) is 15.7. The molecule has 1 aromatic carbocycles. The molecule has 0 aliphatic heterocycles. The van der Waals surface area contributed by atoms with E-state index in [0.717, 1.165) is 0 Å². The molecule has 0 bridgehead atoms. The van der Waals surface area contributed by atoms with Gasteiger partial charge in [0.2, 0.25) is 29.5 Å². The molecule has 0 saturated heterocycles. The van der Waals surface area contributed by atoms with Gasteiger partial charge in [0, 0.05) is 37.6 Å². The van der Waals surface area contributed by atoms with Crippen LogP contribution in [0.5, 0.6) is 5.75 Å². The summed E-state index contributed by atoms with van der Waals surface area (Å²) < 4.78 is 0. The maximum atomic E-state index is 13.8. The molecule has 1 aromatic heterocycles. The fourth-order valence-corrected chi connectivity index (χ4v) is 4.69. The zero-order valence-electron chi connectivity index (χ0n) is 27.2. The molecule has 2 aromatic rings. The number of carboxylic acid groups (broad SMARTS) is 2. The third-order valence-corrected chi connectivity index (χ3v) is 7.26. The van der Waals surface area contributed by atoms with Crippen molar-refractivity contribution in [1.82, 2.24) is 31.2 Å². The molecule has 0 spiro atoms. The van der Waals surface area contributed by atoms with Gasteiger partial charge in [-0.05, 0) is 42.9 Å². The topological polar surface area (TPSA) is 309 Å². The molecule has 0 unspecified atom stereocenters. The Balaban J connectivity index is 2.38. The molecular weight excluding hydrogens is 644 g/mol. The highest BCUT2D eigenvalue weighted by atomic mass is 16.4. The SMILES string of the molecule is CC(C)C[C@H](N)C(=O)N[C@@H](CCC(N)=O)C(=O)N[C@@H](Cc1cnc[nH]1)C(=O)N[C@@H](Cc1ccc(O)cc1)C(=O)N[C@@H](CCC(=O)O)C(=O)O. The number of benzene rings is 1. The fourth-order valence-electron chi connectivity index (χ4n) is 4.69. The van der Waals surface area contributed by atoms with Gasteiger partial charge in [-0.15, -0.1) is 0 Å². The number of hydrogen-bond donors (Lipinski definition) is 10.